The van der Waals surface area contributed by atoms with Gasteiger partial charge in [0.05, 0.1) is 13.7 Å². The first-order valence-electron chi connectivity index (χ1n) is 6.89. The highest BCUT2D eigenvalue weighted by atomic mass is 16.5. The molecule has 1 rings (SSSR count). The third kappa shape index (κ3) is 5.43. The van der Waals surface area contributed by atoms with Crippen LogP contribution in [0.1, 0.15) is 23.7 Å². The van der Waals surface area contributed by atoms with E-state index >= 15 is 0 Å². The lowest BCUT2D eigenvalue weighted by atomic mass is 10.2. The second-order valence-electron chi connectivity index (χ2n) is 4.62. The minimum atomic E-state index is -1.08. The zero-order valence-corrected chi connectivity index (χ0v) is 12.7. The Morgan fingerprint density at radius 1 is 1.32 bits per heavy atom. The van der Waals surface area contributed by atoms with Crippen LogP contribution in [0, 0.1) is 0 Å². The summed E-state index contributed by atoms with van der Waals surface area (Å²) in [7, 11) is 1.50. The fourth-order valence-corrected chi connectivity index (χ4v) is 1.86. The number of nitrogens with zero attached hydrogens (tertiary/aromatic N) is 1. The number of carbonyl (C=O) groups is 3. The molecule has 0 aliphatic carbocycles. The Hall–Kier alpha value is -2.57. The van der Waals surface area contributed by atoms with Crippen molar-refractivity contribution in [3.63, 3.8) is 0 Å². The van der Waals surface area contributed by atoms with Gasteiger partial charge in [0.25, 0.3) is 5.91 Å². The first kappa shape index (κ1) is 17.5. The van der Waals surface area contributed by atoms with E-state index in [2.05, 4.69) is 5.32 Å². The van der Waals surface area contributed by atoms with Gasteiger partial charge >= 0.3 is 5.97 Å². The van der Waals surface area contributed by atoms with Crippen molar-refractivity contribution in [2.75, 3.05) is 26.7 Å². The zero-order valence-electron chi connectivity index (χ0n) is 12.7. The van der Waals surface area contributed by atoms with E-state index in [0.29, 0.717) is 24.3 Å². The number of hydrogen-bond donors (Lipinski definition) is 2. The van der Waals surface area contributed by atoms with Gasteiger partial charge in [-0.1, -0.05) is 13.0 Å². The number of rotatable bonds is 8. The maximum Gasteiger partial charge on any atom is 0.323 e. The fourth-order valence-electron chi connectivity index (χ4n) is 1.86. The predicted molar refractivity (Wildman–Crippen MR) is 79.8 cm³/mol. The van der Waals surface area contributed by atoms with E-state index in [9.17, 15) is 14.4 Å². The van der Waals surface area contributed by atoms with Gasteiger partial charge in [-0.05, 0) is 24.6 Å². The predicted octanol–water partition coefficient (Wildman–Crippen LogP) is 0.748. The lowest BCUT2D eigenvalue weighted by Crippen LogP contribution is -2.42. The molecule has 0 spiro atoms. The number of amides is 2. The van der Waals surface area contributed by atoms with Crippen molar-refractivity contribution in [2.45, 2.75) is 13.3 Å². The molecule has 0 unspecified atom stereocenters. The molecular formula is C15H20N2O5. The highest BCUT2D eigenvalue weighted by Gasteiger charge is 2.17. The first-order chi connectivity index (χ1) is 10.5. The SMILES string of the molecule is CCCN(CC(=O)O)C(=O)CNC(=O)c1cccc(OC)c1. The second-order valence-corrected chi connectivity index (χ2v) is 4.62. The monoisotopic (exact) mass is 308 g/mol. The maximum atomic E-state index is 12.0. The topological polar surface area (TPSA) is 95.9 Å². The summed E-state index contributed by atoms with van der Waals surface area (Å²) in [5.74, 6) is -1.39. The fraction of sp³-hybridized carbons (Fsp3) is 0.400. The first-order valence-corrected chi connectivity index (χ1v) is 6.89. The van der Waals surface area contributed by atoms with Crippen LogP contribution in [0.4, 0.5) is 0 Å². The van der Waals surface area contributed by atoms with E-state index in [0.717, 1.165) is 0 Å². The van der Waals surface area contributed by atoms with Crippen molar-refractivity contribution in [1.82, 2.24) is 10.2 Å². The van der Waals surface area contributed by atoms with Crippen molar-refractivity contribution < 1.29 is 24.2 Å². The molecule has 0 aliphatic rings. The van der Waals surface area contributed by atoms with Crippen LogP contribution in [0.3, 0.4) is 0 Å². The number of hydrogen-bond acceptors (Lipinski definition) is 4. The van der Waals surface area contributed by atoms with Crippen LogP contribution in [0.5, 0.6) is 5.75 Å². The summed E-state index contributed by atoms with van der Waals surface area (Å²) in [6.07, 6.45) is 0.642. The van der Waals surface area contributed by atoms with E-state index < -0.39 is 17.8 Å². The molecule has 0 heterocycles. The number of carboxylic acids is 1. The highest BCUT2D eigenvalue weighted by Crippen LogP contribution is 2.12. The van der Waals surface area contributed by atoms with Crippen molar-refractivity contribution >= 4 is 17.8 Å². The molecule has 2 amide bonds. The molecule has 7 nitrogen and oxygen atoms in total. The standard InChI is InChI=1S/C15H20N2O5/c1-3-7-17(10-14(19)20)13(18)9-16-15(21)11-5-4-6-12(8-11)22-2/h4-6,8H,3,7,9-10H2,1-2H3,(H,16,21)(H,19,20). The number of methoxy groups -OCH3 is 1. The minimum absolute atomic E-state index is 0.247. The van der Waals surface area contributed by atoms with Crippen LogP contribution in [0.2, 0.25) is 0 Å². The molecule has 2 N–H and O–H groups in total. The number of benzene rings is 1. The number of carbonyl (C=O) groups excluding carboxylic acids is 2. The van der Waals surface area contributed by atoms with Crippen LogP contribution in [0.15, 0.2) is 24.3 Å². The largest absolute Gasteiger partial charge is 0.497 e. The third-order valence-electron chi connectivity index (χ3n) is 2.90. The van der Waals surface area contributed by atoms with Gasteiger partial charge in [0.1, 0.15) is 12.3 Å². The molecule has 0 aromatic heterocycles. The molecule has 0 saturated heterocycles. The number of carboxylic acid groups (broad SMARTS) is 1. The lowest BCUT2D eigenvalue weighted by molar-refractivity contribution is -0.144. The molecule has 1 aromatic carbocycles. The quantitative estimate of drug-likeness (QED) is 0.739. The van der Waals surface area contributed by atoms with Gasteiger partial charge in [-0.3, -0.25) is 14.4 Å². The summed E-state index contributed by atoms with van der Waals surface area (Å²) in [5, 5.41) is 11.3. The molecule has 0 fully saturated rings. The Balaban J connectivity index is 2.60. The van der Waals surface area contributed by atoms with Crippen LogP contribution >= 0.6 is 0 Å². The minimum Gasteiger partial charge on any atom is -0.497 e. The molecule has 0 radical (unpaired) electrons. The summed E-state index contributed by atoms with van der Waals surface area (Å²) in [5.41, 5.74) is 0.368. The lowest BCUT2D eigenvalue weighted by Gasteiger charge is -2.20. The Bertz CT molecular complexity index is 544. The van der Waals surface area contributed by atoms with Crippen molar-refractivity contribution in [2.24, 2.45) is 0 Å². The van der Waals surface area contributed by atoms with Gasteiger partial charge in [-0.15, -0.1) is 0 Å². The summed E-state index contributed by atoms with van der Waals surface area (Å²) in [4.78, 5) is 35.8. The van der Waals surface area contributed by atoms with E-state index in [4.69, 9.17) is 9.84 Å². The van der Waals surface area contributed by atoms with Crippen molar-refractivity contribution in [1.29, 1.82) is 0 Å². The second kappa shape index (κ2) is 8.66. The Morgan fingerprint density at radius 3 is 2.64 bits per heavy atom. The van der Waals surface area contributed by atoms with Crippen LogP contribution in [-0.2, 0) is 9.59 Å². The van der Waals surface area contributed by atoms with Gasteiger partial charge in [-0.25, -0.2) is 0 Å². The van der Waals surface area contributed by atoms with Gasteiger partial charge < -0.3 is 20.1 Å². The average molecular weight is 308 g/mol. The molecule has 120 valence electrons. The molecule has 0 saturated carbocycles. The molecule has 0 bridgehead atoms. The van der Waals surface area contributed by atoms with E-state index in [1.165, 1.54) is 12.0 Å². The van der Waals surface area contributed by atoms with Crippen LogP contribution in [-0.4, -0.2) is 54.5 Å². The van der Waals surface area contributed by atoms with E-state index in [1.807, 2.05) is 6.92 Å². The smallest absolute Gasteiger partial charge is 0.323 e. The molecule has 22 heavy (non-hydrogen) atoms. The summed E-state index contributed by atoms with van der Waals surface area (Å²) >= 11 is 0. The van der Waals surface area contributed by atoms with Crippen LogP contribution < -0.4 is 10.1 Å². The number of aliphatic carboxylic acids is 1. The van der Waals surface area contributed by atoms with Crippen molar-refractivity contribution in [3.8, 4) is 5.75 Å². The highest BCUT2D eigenvalue weighted by molar-refractivity contribution is 5.97. The van der Waals surface area contributed by atoms with E-state index in [-0.39, 0.29) is 13.1 Å². The van der Waals surface area contributed by atoms with Gasteiger partial charge in [0.15, 0.2) is 0 Å². The van der Waals surface area contributed by atoms with E-state index in [1.54, 1.807) is 24.3 Å². The summed E-state index contributed by atoms with van der Waals surface area (Å²) < 4.78 is 5.02. The van der Waals surface area contributed by atoms with Gasteiger partial charge in [0.2, 0.25) is 5.91 Å². The Kier molecular flexibility index (Phi) is 6.88. The molecular weight excluding hydrogens is 288 g/mol. The van der Waals surface area contributed by atoms with Crippen molar-refractivity contribution in [3.05, 3.63) is 29.8 Å². The number of nitrogens with one attached hydrogen (secondary N) is 1. The maximum absolute atomic E-state index is 12.0. The van der Waals surface area contributed by atoms with Gasteiger partial charge in [-0.2, -0.15) is 0 Å². The molecule has 0 atom stereocenters. The third-order valence-corrected chi connectivity index (χ3v) is 2.90. The normalized spacial score (nSPS) is 9.91. The Morgan fingerprint density at radius 2 is 2.05 bits per heavy atom. The molecule has 0 aliphatic heterocycles. The zero-order chi connectivity index (χ0) is 16.5. The van der Waals surface area contributed by atoms with Crippen LogP contribution in [0.25, 0.3) is 0 Å². The summed E-state index contributed by atoms with van der Waals surface area (Å²) in [6, 6.07) is 6.53. The summed E-state index contributed by atoms with van der Waals surface area (Å²) in [6.45, 7) is 1.56. The average Bonchev–Trinajstić information content (AvgIpc) is 2.51. The van der Waals surface area contributed by atoms with Gasteiger partial charge in [0, 0.05) is 12.1 Å². The molecule has 1 aromatic rings. The Labute approximate surface area is 128 Å². The molecule has 7 heteroatoms. The number of ether oxygens (including phenoxy) is 1.